The zero-order valence-electron chi connectivity index (χ0n) is 10.1. The highest BCUT2D eigenvalue weighted by Crippen LogP contribution is 2.21. The third kappa shape index (κ3) is 5.10. The highest BCUT2D eigenvalue weighted by atomic mass is 19.3. The van der Waals surface area contributed by atoms with Gasteiger partial charge in [0.15, 0.2) is 0 Å². The Labute approximate surface area is 100 Å². The predicted molar refractivity (Wildman–Crippen MR) is 63.3 cm³/mol. The number of hydrogen-bond acceptors (Lipinski definition) is 3. The van der Waals surface area contributed by atoms with Crippen LogP contribution in [0.3, 0.4) is 0 Å². The van der Waals surface area contributed by atoms with Crippen LogP contribution in [0.15, 0.2) is 24.3 Å². The van der Waals surface area contributed by atoms with Crippen LogP contribution in [0.4, 0.5) is 8.78 Å². The summed E-state index contributed by atoms with van der Waals surface area (Å²) in [5.74, 6) is 0.249. The number of alkyl halides is 2. The summed E-state index contributed by atoms with van der Waals surface area (Å²) in [6, 6.07) is 6.87. The van der Waals surface area contributed by atoms with E-state index in [9.17, 15) is 8.78 Å². The van der Waals surface area contributed by atoms with Gasteiger partial charge in [0.2, 0.25) is 0 Å². The van der Waals surface area contributed by atoms with E-state index in [1.165, 1.54) is 0 Å². The fourth-order valence-electron chi connectivity index (χ4n) is 1.52. The zero-order valence-corrected chi connectivity index (χ0v) is 10.1. The van der Waals surface area contributed by atoms with Gasteiger partial charge in [-0.25, -0.2) is 0 Å². The van der Waals surface area contributed by atoms with Crippen molar-refractivity contribution in [3.8, 4) is 5.75 Å². The van der Waals surface area contributed by atoms with E-state index in [1.54, 1.807) is 18.2 Å². The second kappa shape index (κ2) is 7.19. The first-order valence-corrected chi connectivity index (χ1v) is 5.49. The van der Waals surface area contributed by atoms with Crippen LogP contribution >= 0.6 is 0 Å². The monoisotopic (exact) mass is 244 g/mol. The molecule has 1 aromatic rings. The fraction of sp³-hybridized carbons (Fsp3) is 0.500. The molecule has 0 amide bonds. The summed E-state index contributed by atoms with van der Waals surface area (Å²) in [6.45, 7) is -0.489. The first-order valence-electron chi connectivity index (χ1n) is 5.49. The minimum atomic E-state index is -2.78. The third-order valence-corrected chi connectivity index (χ3v) is 2.37. The normalized spacial score (nSPS) is 11.2. The minimum absolute atomic E-state index is 0.249. The quantitative estimate of drug-likeness (QED) is 0.793. The van der Waals surface area contributed by atoms with Gasteiger partial charge >= 0.3 is 6.61 Å². The van der Waals surface area contributed by atoms with E-state index >= 15 is 0 Å². The van der Waals surface area contributed by atoms with E-state index in [0.717, 1.165) is 18.7 Å². The average molecular weight is 244 g/mol. The van der Waals surface area contributed by atoms with Gasteiger partial charge < -0.3 is 15.0 Å². The lowest BCUT2D eigenvalue weighted by Crippen LogP contribution is -2.27. The van der Waals surface area contributed by atoms with Crippen molar-refractivity contribution < 1.29 is 13.5 Å². The largest absolute Gasteiger partial charge is 0.434 e. The third-order valence-electron chi connectivity index (χ3n) is 2.37. The molecule has 0 saturated heterocycles. The number of likely N-dealkylation sites (N-methyl/N-ethyl adjacent to an activating group) is 2. The molecular formula is C12H18F2N2O. The van der Waals surface area contributed by atoms with Crippen LogP contribution in [-0.4, -0.2) is 38.7 Å². The van der Waals surface area contributed by atoms with Crippen LogP contribution in [0, 0.1) is 0 Å². The Bertz CT molecular complexity index is 334. The topological polar surface area (TPSA) is 24.5 Å². The van der Waals surface area contributed by atoms with Gasteiger partial charge in [-0.15, -0.1) is 0 Å². The highest BCUT2D eigenvalue weighted by Gasteiger charge is 2.10. The van der Waals surface area contributed by atoms with E-state index < -0.39 is 6.61 Å². The van der Waals surface area contributed by atoms with Crippen molar-refractivity contribution in [2.45, 2.75) is 13.2 Å². The molecule has 0 heterocycles. The maximum Gasteiger partial charge on any atom is 0.387 e. The summed E-state index contributed by atoms with van der Waals surface area (Å²) >= 11 is 0. The van der Waals surface area contributed by atoms with Crippen molar-refractivity contribution in [3.63, 3.8) is 0 Å². The van der Waals surface area contributed by atoms with Crippen molar-refractivity contribution in [2.24, 2.45) is 0 Å². The lowest BCUT2D eigenvalue weighted by Gasteiger charge is -2.18. The number of ether oxygens (including phenoxy) is 1. The molecular weight excluding hydrogens is 226 g/mol. The summed E-state index contributed by atoms with van der Waals surface area (Å²) < 4.78 is 28.9. The number of benzene rings is 1. The van der Waals surface area contributed by atoms with Crippen LogP contribution in [0.2, 0.25) is 0 Å². The summed E-state index contributed by atoms with van der Waals surface area (Å²) in [7, 11) is 3.82. The molecule has 0 fully saturated rings. The molecule has 17 heavy (non-hydrogen) atoms. The van der Waals surface area contributed by atoms with Crippen LogP contribution in [0.1, 0.15) is 5.56 Å². The van der Waals surface area contributed by atoms with E-state index in [2.05, 4.69) is 10.1 Å². The Morgan fingerprint density at radius 2 is 2.06 bits per heavy atom. The molecule has 3 nitrogen and oxygen atoms in total. The minimum Gasteiger partial charge on any atom is -0.434 e. The molecule has 0 aliphatic heterocycles. The van der Waals surface area contributed by atoms with Gasteiger partial charge in [-0.3, -0.25) is 0 Å². The van der Waals surface area contributed by atoms with Gasteiger partial charge in [-0.2, -0.15) is 8.78 Å². The van der Waals surface area contributed by atoms with Crippen molar-refractivity contribution in [1.82, 2.24) is 10.2 Å². The molecule has 0 bridgehead atoms. The predicted octanol–water partition coefficient (Wildman–Crippen LogP) is 1.94. The molecule has 5 heteroatoms. The van der Waals surface area contributed by atoms with Gasteiger partial charge in [-0.05, 0) is 20.2 Å². The fourth-order valence-corrected chi connectivity index (χ4v) is 1.52. The Kier molecular flexibility index (Phi) is 5.86. The first kappa shape index (κ1) is 13.9. The summed E-state index contributed by atoms with van der Waals surface area (Å²) in [4.78, 5) is 2.05. The SMILES string of the molecule is CNCCN(C)Cc1ccccc1OC(F)F. The molecule has 0 aliphatic rings. The van der Waals surface area contributed by atoms with E-state index in [0.29, 0.717) is 6.54 Å². The van der Waals surface area contributed by atoms with E-state index in [-0.39, 0.29) is 5.75 Å². The van der Waals surface area contributed by atoms with Gasteiger partial charge in [-0.1, -0.05) is 18.2 Å². The van der Waals surface area contributed by atoms with Gasteiger partial charge in [0, 0.05) is 25.2 Å². The molecule has 0 aromatic heterocycles. The summed E-state index contributed by atoms with van der Waals surface area (Å²) in [5, 5.41) is 3.04. The number of para-hydroxylation sites is 1. The maximum atomic E-state index is 12.2. The molecule has 1 rings (SSSR count). The van der Waals surface area contributed by atoms with Gasteiger partial charge in [0.25, 0.3) is 0 Å². The molecule has 0 radical (unpaired) electrons. The number of rotatable bonds is 7. The van der Waals surface area contributed by atoms with Gasteiger partial charge in [0.1, 0.15) is 5.75 Å². The molecule has 0 aliphatic carbocycles. The van der Waals surface area contributed by atoms with Crippen molar-refractivity contribution in [3.05, 3.63) is 29.8 Å². The van der Waals surface area contributed by atoms with Crippen LogP contribution < -0.4 is 10.1 Å². The number of nitrogens with zero attached hydrogens (tertiary/aromatic N) is 1. The Morgan fingerprint density at radius 3 is 2.71 bits per heavy atom. The highest BCUT2D eigenvalue weighted by molar-refractivity contribution is 5.33. The van der Waals surface area contributed by atoms with E-state index in [4.69, 9.17) is 0 Å². The smallest absolute Gasteiger partial charge is 0.387 e. The standard InChI is InChI=1S/C12H18F2N2O/c1-15-7-8-16(2)9-10-5-3-4-6-11(10)17-12(13)14/h3-6,12,15H,7-9H2,1-2H3. The second-order valence-corrected chi connectivity index (χ2v) is 3.83. The molecule has 96 valence electrons. The maximum absolute atomic E-state index is 12.2. The molecule has 0 saturated carbocycles. The molecule has 1 aromatic carbocycles. The zero-order chi connectivity index (χ0) is 12.7. The van der Waals surface area contributed by atoms with Crippen LogP contribution in [0.5, 0.6) is 5.75 Å². The lowest BCUT2D eigenvalue weighted by molar-refractivity contribution is -0.0507. The van der Waals surface area contributed by atoms with Crippen molar-refractivity contribution >= 4 is 0 Å². The Morgan fingerprint density at radius 1 is 1.35 bits per heavy atom. The Hall–Kier alpha value is -1.20. The first-order chi connectivity index (χ1) is 8.13. The van der Waals surface area contributed by atoms with Crippen molar-refractivity contribution in [1.29, 1.82) is 0 Å². The molecule has 0 atom stereocenters. The van der Waals surface area contributed by atoms with Gasteiger partial charge in [0.05, 0.1) is 0 Å². The second-order valence-electron chi connectivity index (χ2n) is 3.83. The number of hydrogen-bond donors (Lipinski definition) is 1. The molecule has 0 unspecified atom stereocenters. The summed E-state index contributed by atoms with van der Waals surface area (Å²) in [6.07, 6.45) is 0. The number of halogens is 2. The van der Waals surface area contributed by atoms with Crippen LogP contribution in [-0.2, 0) is 6.54 Å². The number of nitrogens with one attached hydrogen (secondary N) is 1. The van der Waals surface area contributed by atoms with E-state index in [1.807, 2.05) is 25.1 Å². The molecule has 1 N–H and O–H groups in total. The average Bonchev–Trinajstić information content (AvgIpc) is 2.28. The van der Waals surface area contributed by atoms with Crippen LogP contribution in [0.25, 0.3) is 0 Å². The lowest BCUT2D eigenvalue weighted by atomic mass is 10.2. The van der Waals surface area contributed by atoms with Crippen molar-refractivity contribution in [2.75, 3.05) is 27.2 Å². The summed E-state index contributed by atoms with van der Waals surface area (Å²) in [5.41, 5.74) is 0.770. The Balaban J connectivity index is 2.62. The molecule has 0 spiro atoms.